The zero-order valence-electron chi connectivity index (χ0n) is 15.7. The molecule has 0 spiro atoms. The van der Waals surface area contributed by atoms with Gasteiger partial charge in [-0.25, -0.2) is 4.39 Å². The lowest BCUT2D eigenvalue weighted by molar-refractivity contribution is -0.134. The van der Waals surface area contributed by atoms with E-state index in [0.29, 0.717) is 26.2 Å². The molecule has 3 rings (SSSR count). The highest BCUT2D eigenvalue weighted by Gasteiger charge is 2.23. The first-order chi connectivity index (χ1) is 12.9. The molecule has 1 N–H and O–H groups in total. The highest BCUT2D eigenvalue weighted by molar-refractivity contribution is 6.03. The standard InChI is InChI=1S/C21H24FN3O2/c1-15-3-8-19(16(2)13-15)23-20(26)14-21(27)25-11-9-24(10-12-25)18-6-4-17(22)5-7-18/h3-8,13H,9-12,14H2,1-2H3,(H,23,26). The second kappa shape index (κ2) is 8.20. The van der Waals surface area contributed by atoms with Gasteiger partial charge in [0.25, 0.3) is 0 Å². The van der Waals surface area contributed by atoms with Crippen molar-refractivity contribution in [2.45, 2.75) is 20.3 Å². The van der Waals surface area contributed by atoms with Gasteiger partial charge >= 0.3 is 0 Å². The van der Waals surface area contributed by atoms with Crippen LogP contribution >= 0.6 is 0 Å². The minimum Gasteiger partial charge on any atom is -0.368 e. The molecule has 5 nitrogen and oxygen atoms in total. The molecule has 0 saturated carbocycles. The van der Waals surface area contributed by atoms with Crippen molar-refractivity contribution in [1.29, 1.82) is 0 Å². The van der Waals surface area contributed by atoms with E-state index in [4.69, 9.17) is 0 Å². The van der Waals surface area contributed by atoms with Gasteiger partial charge in [-0.3, -0.25) is 9.59 Å². The van der Waals surface area contributed by atoms with E-state index in [2.05, 4.69) is 10.2 Å². The van der Waals surface area contributed by atoms with Crippen LogP contribution in [0.1, 0.15) is 17.5 Å². The van der Waals surface area contributed by atoms with E-state index >= 15 is 0 Å². The summed E-state index contributed by atoms with van der Waals surface area (Å²) in [5.74, 6) is -0.730. The van der Waals surface area contributed by atoms with Crippen molar-refractivity contribution >= 4 is 23.2 Å². The molecule has 27 heavy (non-hydrogen) atoms. The molecule has 142 valence electrons. The first-order valence-electron chi connectivity index (χ1n) is 9.08. The number of carbonyl (C=O) groups is 2. The van der Waals surface area contributed by atoms with E-state index in [9.17, 15) is 14.0 Å². The fourth-order valence-corrected chi connectivity index (χ4v) is 3.26. The smallest absolute Gasteiger partial charge is 0.233 e. The maximum Gasteiger partial charge on any atom is 0.233 e. The molecule has 1 fully saturated rings. The number of nitrogens with one attached hydrogen (secondary N) is 1. The molecule has 1 saturated heterocycles. The lowest BCUT2D eigenvalue weighted by atomic mass is 10.1. The number of benzene rings is 2. The summed E-state index contributed by atoms with van der Waals surface area (Å²) in [4.78, 5) is 28.5. The van der Waals surface area contributed by atoms with Crippen LogP contribution in [0, 0.1) is 19.7 Å². The molecule has 0 bridgehead atoms. The predicted octanol–water partition coefficient (Wildman–Crippen LogP) is 3.12. The number of aryl methyl sites for hydroxylation is 2. The van der Waals surface area contributed by atoms with E-state index < -0.39 is 0 Å². The highest BCUT2D eigenvalue weighted by atomic mass is 19.1. The van der Waals surface area contributed by atoms with Crippen LogP contribution in [0.25, 0.3) is 0 Å². The van der Waals surface area contributed by atoms with Crippen molar-refractivity contribution in [3.63, 3.8) is 0 Å². The van der Waals surface area contributed by atoms with Crippen molar-refractivity contribution in [2.75, 3.05) is 36.4 Å². The van der Waals surface area contributed by atoms with Crippen LogP contribution in [0.2, 0.25) is 0 Å². The molecule has 2 amide bonds. The van der Waals surface area contributed by atoms with E-state index in [1.54, 1.807) is 17.0 Å². The lowest BCUT2D eigenvalue weighted by Crippen LogP contribution is -2.49. The third-order valence-corrected chi connectivity index (χ3v) is 4.79. The molecular weight excluding hydrogens is 345 g/mol. The number of piperazine rings is 1. The summed E-state index contributed by atoms with van der Waals surface area (Å²) in [7, 11) is 0. The van der Waals surface area contributed by atoms with Crippen LogP contribution in [-0.4, -0.2) is 42.9 Å². The number of hydrogen-bond acceptors (Lipinski definition) is 3. The Kier molecular flexibility index (Phi) is 5.74. The summed E-state index contributed by atoms with van der Waals surface area (Å²) in [6, 6.07) is 12.1. The van der Waals surface area contributed by atoms with Gasteiger partial charge in [0.2, 0.25) is 11.8 Å². The van der Waals surface area contributed by atoms with Gasteiger partial charge in [0, 0.05) is 37.6 Å². The number of hydrogen-bond donors (Lipinski definition) is 1. The fraction of sp³-hybridized carbons (Fsp3) is 0.333. The number of carbonyl (C=O) groups excluding carboxylic acids is 2. The zero-order valence-corrected chi connectivity index (χ0v) is 15.7. The Balaban J connectivity index is 1.50. The third kappa shape index (κ3) is 4.84. The molecule has 6 heteroatoms. The maximum absolute atomic E-state index is 13.0. The number of rotatable bonds is 4. The minimum absolute atomic E-state index is 0.163. The third-order valence-electron chi connectivity index (χ3n) is 4.79. The average molecular weight is 369 g/mol. The molecule has 0 unspecified atom stereocenters. The molecule has 2 aromatic carbocycles. The van der Waals surface area contributed by atoms with Crippen LogP contribution in [0.4, 0.5) is 15.8 Å². The Morgan fingerprint density at radius 3 is 2.30 bits per heavy atom. The SMILES string of the molecule is Cc1ccc(NC(=O)CC(=O)N2CCN(c3ccc(F)cc3)CC2)c(C)c1. The Hall–Kier alpha value is -2.89. The quantitative estimate of drug-likeness (QED) is 0.843. The zero-order chi connectivity index (χ0) is 19.4. The van der Waals surface area contributed by atoms with Crippen LogP contribution in [0.3, 0.4) is 0 Å². The first-order valence-corrected chi connectivity index (χ1v) is 9.08. The summed E-state index contributed by atoms with van der Waals surface area (Å²) in [6.07, 6.45) is -0.163. The molecule has 1 heterocycles. The van der Waals surface area contributed by atoms with Crippen molar-refractivity contribution in [1.82, 2.24) is 4.90 Å². The largest absolute Gasteiger partial charge is 0.368 e. The Morgan fingerprint density at radius 2 is 1.67 bits per heavy atom. The summed E-state index contributed by atoms with van der Waals surface area (Å²) < 4.78 is 13.0. The van der Waals surface area contributed by atoms with Crippen LogP contribution in [-0.2, 0) is 9.59 Å². The summed E-state index contributed by atoms with van der Waals surface area (Å²) >= 11 is 0. The fourth-order valence-electron chi connectivity index (χ4n) is 3.26. The average Bonchev–Trinajstić information content (AvgIpc) is 2.65. The molecule has 1 aliphatic heterocycles. The summed E-state index contributed by atoms with van der Waals surface area (Å²) in [5.41, 5.74) is 3.78. The van der Waals surface area contributed by atoms with E-state index in [0.717, 1.165) is 22.5 Å². The van der Waals surface area contributed by atoms with E-state index in [1.807, 2.05) is 32.0 Å². The van der Waals surface area contributed by atoms with E-state index in [1.165, 1.54) is 12.1 Å². The van der Waals surface area contributed by atoms with Gasteiger partial charge in [0.1, 0.15) is 12.2 Å². The van der Waals surface area contributed by atoms with Gasteiger partial charge in [-0.05, 0) is 49.7 Å². The number of anilines is 2. The van der Waals surface area contributed by atoms with Gasteiger partial charge in [0.15, 0.2) is 0 Å². The van der Waals surface area contributed by atoms with Gasteiger partial charge in [-0.2, -0.15) is 0 Å². The predicted molar refractivity (Wildman–Crippen MR) is 104 cm³/mol. The van der Waals surface area contributed by atoms with Gasteiger partial charge in [0.05, 0.1) is 0 Å². The second-order valence-electron chi connectivity index (χ2n) is 6.89. The normalized spacial score (nSPS) is 14.2. The first kappa shape index (κ1) is 18.9. The van der Waals surface area contributed by atoms with Crippen molar-refractivity contribution in [3.05, 3.63) is 59.4 Å². The number of amides is 2. The van der Waals surface area contributed by atoms with E-state index in [-0.39, 0.29) is 24.1 Å². The monoisotopic (exact) mass is 369 g/mol. The molecule has 0 aliphatic carbocycles. The summed E-state index contributed by atoms with van der Waals surface area (Å²) in [6.45, 7) is 6.35. The van der Waals surface area contributed by atoms with Crippen molar-refractivity contribution in [3.8, 4) is 0 Å². The molecule has 0 radical (unpaired) electrons. The Morgan fingerprint density at radius 1 is 1.00 bits per heavy atom. The van der Waals surface area contributed by atoms with Gasteiger partial charge < -0.3 is 15.1 Å². The highest BCUT2D eigenvalue weighted by Crippen LogP contribution is 2.18. The molecule has 0 aromatic heterocycles. The second-order valence-corrected chi connectivity index (χ2v) is 6.89. The topological polar surface area (TPSA) is 52.7 Å². The Bertz CT molecular complexity index is 828. The summed E-state index contributed by atoms with van der Waals surface area (Å²) in [5, 5.41) is 2.81. The van der Waals surface area contributed by atoms with Crippen molar-refractivity contribution in [2.24, 2.45) is 0 Å². The molecule has 2 aromatic rings. The molecule has 1 aliphatic rings. The molecule has 0 atom stereocenters. The van der Waals surface area contributed by atoms with Gasteiger partial charge in [-0.15, -0.1) is 0 Å². The number of nitrogens with zero attached hydrogens (tertiary/aromatic N) is 2. The number of halogens is 1. The Labute approximate surface area is 158 Å². The lowest BCUT2D eigenvalue weighted by Gasteiger charge is -2.36. The van der Waals surface area contributed by atoms with Crippen molar-refractivity contribution < 1.29 is 14.0 Å². The van der Waals surface area contributed by atoms with Crippen LogP contribution in [0.15, 0.2) is 42.5 Å². The van der Waals surface area contributed by atoms with Crippen LogP contribution in [0.5, 0.6) is 0 Å². The molecular formula is C21H24FN3O2. The van der Waals surface area contributed by atoms with Crippen LogP contribution < -0.4 is 10.2 Å². The van der Waals surface area contributed by atoms with Gasteiger partial charge in [-0.1, -0.05) is 17.7 Å². The maximum atomic E-state index is 13.0. The minimum atomic E-state index is -0.298.